The van der Waals surface area contributed by atoms with Crippen LogP contribution in [0, 0.1) is 29.6 Å². The molecule has 7 rings (SSSR count). The molecule has 2 aromatic carbocycles. The molecule has 2 amide bonds. The lowest BCUT2D eigenvalue weighted by Crippen LogP contribution is -2.42. The number of methoxy groups -OCH3 is 1. The van der Waals surface area contributed by atoms with Crippen LogP contribution in [-0.4, -0.2) is 29.2 Å². The zero-order chi connectivity index (χ0) is 26.5. The summed E-state index contributed by atoms with van der Waals surface area (Å²) < 4.78 is 46.7. The van der Waals surface area contributed by atoms with Gasteiger partial charge in [0, 0.05) is 16.0 Å². The number of para-hydroxylation sites is 1. The molecule has 7 atom stereocenters. The molecule has 0 spiro atoms. The molecule has 2 bridgehead atoms. The summed E-state index contributed by atoms with van der Waals surface area (Å²) in [6.07, 6.45) is -4.03. The Labute approximate surface area is 223 Å². The number of halogens is 3. The average molecular weight is 559 g/mol. The number of rotatable bonds is 3. The highest BCUT2D eigenvalue weighted by Gasteiger charge is 2.70. The van der Waals surface area contributed by atoms with Gasteiger partial charge in [-0.2, -0.15) is 13.2 Å². The van der Waals surface area contributed by atoms with Gasteiger partial charge in [0.1, 0.15) is 5.75 Å². The van der Waals surface area contributed by atoms with E-state index in [1.807, 2.05) is 24.3 Å². The Hall–Kier alpha value is -3.05. The fourth-order valence-corrected chi connectivity index (χ4v) is 10.2. The van der Waals surface area contributed by atoms with E-state index in [0.717, 1.165) is 37.8 Å². The highest BCUT2D eigenvalue weighted by Crippen LogP contribution is 2.68. The molecule has 5 unspecified atom stereocenters. The second-order valence-corrected chi connectivity index (χ2v) is 12.5. The van der Waals surface area contributed by atoms with Gasteiger partial charge in [0.2, 0.25) is 11.8 Å². The maximum atomic E-state index is 13.8. The number of H-pyrrole nitrogens is 1. The lowest BCUT2D eigenvalue weighted by molar-refractivity contribution is -0.137. The van der Waals surface area contributed by atoms with E-state index in [9.17, 15) is 27.6 Å². The Morgan fingerprint density at radius 1 is 0.974 bits per heavy atom. The van der Waals surface area contributed by atoms with E-state index in [4.69, 9.17) is 4.74 Å². The van der Waals surface area contributed by atoms with Crippen molar-refractivity contribution in [2.24, 2.45) is 29.6 Å². The second-order valence-electron chi connectivity index (χ2n) is 10.3. The third-order valence-electron chi connectivity index (χ3n) is 8.65. The van der Waals surface area contributed by atoms with Gasteiger partial charge in [-0.05, 0) is 54.0 Å². The number of nitrogens with zero attached hydrogens (tertiary/aromatic N) is 1. The molecule has 1 aromatic heterocycles. The number of nitrogens with one attached hydrogen (secondary N) is 1. The number of aromatic amines is 1. The fourth-order valence-electron chi connectivity index (χ4n) is 7.35. The average Bonchev–Trinajstić information content (AvgIpc) is 3.62. The topological polar surface area (TPSA) is 79.5 Å². The molecular formula is C27H21F3N2O4S2. The van der Waals surface area contributed by atoms with Gasteiger partial charge in [0.15, 0.2) is 0 Å². The van der Waals surface area contributed by atoms with Gasteiger partial charge in [0.05, 0.1) is 35.2 Å². The number of benzene rings is 2. The number of carbonyl (C=O) groups excluding carboxylic acids is 2. The van der Waals surface area contributed by atoms with E-state index in [0.29, 0.717) is 12.2 Å². The molecule has 38 heavy (non-hydrogen) atoms. The Balaban J connectivity index is 1.32. The summed E-state index contributed by atoms with van der Waals surface area (Å²) in [5.74, 6) is -2.28. The zero-order valence-corrected chi connectivity index (χ0v) is 21.5. The molecule has 1 N–H and O–H groups in total. The SMILES string of the molecule is COc1ccc(C2c3sc(=O)[nH]c3SC3C2[C@H]2C[C@@H]3C3C(=O)N(c4ccccc4C(F)(F)F)C(=O)C32)cc1. The zero-order valence-electron chi connectivity index (χ0n) is 19.9. The predicted molar refractivity (Wildman–Crippen MR) is 135 cm³/mol. The molecule has 11 heteroatoms. The van der Waals surface area contributed by atoms with Gasteiger partial charge in [-0.25, -0.2) is 4.90 Å². The first-order chi connectivity index (χ1) is 18.2. The van der Waals surface area contributed by atoms with Crippen molar-refractivity contribution in [2.75, 3.05) is 12.0 Å². The van der Waals surface area contributed by atoms with Crippen molar-refractivity contribution < 1.29 is 27.5 Å². The Morgan fingerprint density at radius 3 is 2.34 bits per heavy atom. The number of carbonyl (C=O) groups is 2. The number of ether oxygens (including phenoxy) is 1. The highest BCUT2D eigenvalue weighted by molar-refractivity contribution is 8.00. The second kappa shape index (κ2) is 8.22. The van der Waals surface area contributed by atoms with Crippen molar-refractivity contribution in [3.63, 3.8) is 0 Å². The van der Waals surface area contributed by atoms with E-state index >= 15 is 0 Å². The highest BCUT2D eigenvalue weighted by atomic mass is 32.2. The number of imide groups is 1. The molecule has 6 nitrogen and oxygen atoms in total. The Morgan fingerprint density at radius 2 is 1.66 bits per heavy atom. The first-order valence-electron chi connectivity index (χ1n) is 12.3. The van der Waals surface area contributed by atoms with E-state index in [2.05, 4.69) is 4.98 Å². The molecular weight excluding hydrogens is 537 g/mol. The quantitative estimate of drug-likeness (QED) is 0.451. The molecule has 3 heterocycles. The third kappa shape index (κ3) is 3.24. The van der Waals surface area contributed by atoms with Crippen LogP contribution in [-0.2, 0) is 15.8 Å². The van der Waals surface area contributed by atoms with E-state index in [1.165, 1.54) is 18.2 Å². The summed E-state index contributed by atoms with van der Waals surface area (Å²) in [6.45, 7) is 0. The standard InChI is InChI=1S/C27H21F3N2O4S2/c1-36-12-8-6-11(7-9-12)17-18-13-10-14(21(18)37-23-22(17)38-26(35)31-23)20-19(13)24(33)32(25(20)34)16-5-3-2-4-15(16)27(28,29)30/h2-9,13-14,17-21H,10H2,1H3,(H,31,35)/t13-,14-,17?,18?,19?,20?,21?/m1/s1. The Kier molecular flexibility index (Phi) is 5.20. The van der Waals surface area contributed by atoms with Gasteiger partial charge < -0.3 is 9.72 Å². The summed E-state index contributed by atoms with van der Waals surface area (Å²) in [6, 6.07) is 12.4. The minimum atomic E-state index is -4.70. The number of thiazole rings is 1. The van der Waals surface area contributed by atoms with Crippen LogP contribution >= 0.6 is 23.1 Å². The van der Waals surface area contributed by atoms with Crippen molar-refractivity contribution in [3.8, 4) is 5.75 Å². The molecule has 1 saturated heterocycles. The summed E-state index contributed by atoms with van der Waals surface area (Å²) in [4.78, 5) is 44.3. The fraction of sp³-hybridized carbons (Fsp3) is 0.370. The number of fused-ring (bicyclic) bond motifs is 9. The van der Waals surface area contributed by atoms with Crippen molar-refractivity contribution in [1.29, 1.82) is 0 Å². The van der Waals surface area contributed by atoms with Crippen LogP contribution in [0.2, 0.25) is 0 Å². The minimum Gasteiger partial charge on any atom is -0.497 e. The van der Waals surface area contributed by atoms with Gasteiger partial charge in [-0.3, -0.25) is 14.4 Å². The summed E-state index contributed by atoms with van der Waals surface area (Å²) in [7, 11) is 1.58. The normalized spacial score (nSPS) is 31.4. The van der Waals surface area contributed by atoms with Crippen LogP contribution in [0.1, 0.15) is 28.3 Å². The van der Waals surface area contributed by atoms with E-state index in [1.54, 1.807) is 18.9 Å². The molecule has 2 aliphatic carbocycles. The van der Waals surface area contributed by atoms with Gasteiger partial charge >= 0.3 is 11.0 Å². The van der Waals surface area contributed by atoms with Crippen LogP contribution in [0.25, 0.3) is 0 Å². The Bertz CT molecular complexity index is 1530. The number of alkyl halides is 3. The number of anilines is 1. The minimum absolute atomic E-state index is 0.0341. The predicted octanol–water partition coefficient (Wildman–Crippen LogP) is 5.14. The van der Waals surface area contributed by atoms with Crippen LogP contribution in [0.5, 0.6) is 5.75 Å². The monoisotopic (exact) mass is 558 g/mol. The van der Waals surface area contributed by atoms with Crippen molar-refractivity contribution in [3.05, 3.63) is 74.2 Å². The van der Waals surface area contributed by atoms with Crippen molar-refractivity contribution >= 4 is 40.6 Å². The first kappa shape index (κ1) is 24.0. The lowest BCUT2D eigenvalue weighted by atomic mass is 9.68. The summed E-state index contributed by atoms with van der Waals surface area (Å²) >= 11 is 2.70. The third-order valence-corrected chi connectivity index (χ3v) is 11.2. The first-order valence-corrected chi connectivity index (χ1v) is 14.0. The van der Waals surface area contributed by atoms with Gasteiger partial charge in [0.25, 0.3) is 0 Å². The molecule has 2 saturated carbocycles. The lowest BCUT2D eigenvalue weighted by Gasteiger charge is -2.43. The maximum absolute atomic E-state index is 13.8. The smallest absolute Gasteiger partial charge is 0.418 e. The van der Waals surface area contributed by atoms with E-state index < -0.39 is 41.1 Å². The van der Waals surface area contributed by atoms with E-state index in [-0.39, 0.29) is 33.8 Å². The number of hydrogen-bond donors (Lipinski definition) is 1. The molecule has 3 aromatic rings. The summed E-state index contributed by atoms with van der Waals surface area (Å²) in [5, 5.41) is 0.739. The number of amides is 2. The van der Waals surface area contributed by atoms with Crippen LogP contribution < -0.4 is 14.5 Å². The van der Waals surface area contributed by atoms with Crippen LogP contribution in [0.15, 0.2) is 58.4 Å². The van der Waals surface area contributed by atoms with Gasteiger partial charge in [-0.15, -0.1) is 11.8 Å². The van der Waals surface area contributed by atoms with Gasteiger partial charge in [-0.1, -0.05) is 35.6 Å². The summed E-state index contributed by atoms with van der Waals surface area (Å²) in [5.41, 5.74) is -0.399. The molecule has 2 aliphatic heterocycles. The molecule has 0 radical (unpaired) electrons. The molecule has 196 valence electrons. The number of aromatic nitrogens is 1. The number of thioether (sulfide) groups is 1. The van der Waals surface area contributed by atoms with Crippen LogP contribution in [0.4, 0.5) is 18.9 Å². The van der Waals surface area contributed by atoms with Crippen molar-refractivity contribution in [2.45, 2.75) is 28.8 Å². The number of hydrogen-bond acceptors (Lipinski definition) is 6. The van der Waals surface area contributed by atoms with Crippen LogP contribution in [0.3, 0.4) is 0 Å². The molecule has 4 aliphatic rings. The maximum Gasteiger partial charge on any atom is 0.418 e. The van der Waals surface area contributed by atoms with Crippen molar-refractivity contribution in [1.82, 2.24) is 4.98 Å². The largest absolute Gasteiger partial charge is 0.497 e. The molecule has 3 fully saturated rings.